The van der Waals surface area contributed by atoms with Gasteiger partial charge in [0.05, 0.1) is 0 Å². The van der Waals surface area contributed by atoms with Crippen LogP contribution in [0.2, 0.25) is 0 Å². The fraction of sp³-hybridized carbons (Fsp3) is 0. The molecule has 2 heterocycles. The Labute approximate surface area is 47.5 Å². The molecule has 0 bridgehead atoms. The lowest BCUT2D eigenvalue weighted by Crippen LogP contribution is -1.67. The minimum absolute atomic E-state index is 0.481. The first-order valence-corrected chi connectivity index (χ1v) is 2.64. The summed E-state index contributed by atoms with van der Waals surface area (Å²) in [5.41, 5.74) is 0.481. The van der Waals surface area contributed by atoms with Crippen molar-refractivity contribution in [3.05, 3.63) is 0 Å². The standard InChI is InChI=1S/C2N4OS/c3-1-2(7-5-3)8-6-4-1. The number of rotatable bonds is 0. The van der Waals surface area contributed by atoms with Crippen molar-refractivity contribution in [2.75, 3.05) is 0 Å². The maximum absolute atomic E-state index is 4.59. The molecule has 2 aromatic rings. The third-order valence-electron chi connectivity index (χ3n) is 0.701. The lowest BCUT2D eigenvalue weighted by atomic mass is 10.9. The van der Waals surface area contributed by atoms with Crippen LogP contribution >= 0.6 is 11.5 Å². The second-order valence-corrected chi connectivity index (χ2v) is 1.87. The van der Waals surface area contributed by atoms with Crippen molar-refractivity contribution in [2.24, 2.45) is 0 Å². The van der Waals surface area contributed by atoms with Crippen LogP contribution in [0.15, 0.2) is 4.52 Å². The molecule has 2 aromatic heterocycles. The highest BCUT2D eigenvalue weighted by Crippen LogP contribution is 2.08. The van der Waals surface area contributed by atoms with Crippen molar-refractivity contribution in [3.8, 4) is 0 Å². The molecule has 0 atom stereocenters. The number of fused-ring (bicyclic) bond motifs is 1. The zero-order chi connectivity index (χ0) is 5.40. The molecular formula is C2N4OS. The monoisotopic (exact) mass is 128 g/mol. The first kappa shape index (κ1) is 3.90. The van der Waals surface area contributed by atoms with Crippen molar-refractivity contribution in [1.82, 2.24) is 20.0 Å². The molecule has 5 nitrogen and oxygen atoms in total. The molecule has 0 radical (unpaired) electrons. The molecular weight excluding hydrogens is 128 g/mol. The summed E-state index contributed by atoms with van der Waals surface area (Å²) in [5.74, 6) is 0. The minimum Gasteiger partial charge on any atom is -0.322 e. The number of aromatic nitrogens is 4. The molecule has 0 unspecified atom stereocenters. The van der Waals surface area contributed by atoms with Crippen LogP contribution in [-0.2, 0) is 0 Å². The molecule has 0 aliphatic carbocycles. The molecule has 8 heavy (non-hydrogen) atoms. The summed E-state index contributed by atoms with van der Waals surface area (Å²) in [6, 6.07) is 0. The third kappa shape index (κ3) is 0.348. The third-order valence-corrected chi connectivity index (χ3v) is 1.29. The zero-order valence-corrected chi connectivity index (χ0v) is 4.42. The Morgan fingerprint density at radius 2 is 2.38 bits per heavy atom. The van der Waals surface area contributed by atoms with Gasteiger partial charge in [-0.05, 0) is 0 Å². The van der Waals surface area contributed by atoms with E-state index >= 15 is 0 Å². The fourth-order valence-electron chi connectivity index (χ4n) is 0.392. The van der Waals surface area contributed by atoms with Gasteiger partial charge in [-0.15, -0.1) is 5.10 Å². The molecule has 40 valence electrons. The Hall–Kier alpha value is -1.04. The van der Waals surface area contributed by atoms with Gasteiger partial charge in [0.25, 0.3) is 10.5 Å². The lowest BCUT2D eigenvalue weighted by Gasteiger charge is -1.54. The summed E-state index contributed by atoms with van der Waals surface area (Å²) in [6.07, 6.45) is 0. The molecule has 6 heteroatoms. The van der Waals surface area contributed by atoms with E-state index in [2.05, 4.69) is 24.5 Å². The highest BCUT2D eigenvalue weighted by Gasteiger charge is 2.00. The summed E-state index contributed by atoms with van der Waals surface area (Å²) in [5, 5.41) is 10.3. The summed E-state index contributed by atoms with van der Waals surface area (Å²) in [6.45, 7) is 0. The van der Waals surface area contributed by atoms with E-state index in [1.807, 2.05) is 0 Å². The molecule has 0 saturated carbocycles. The van der Waals surface area contributed by atoms with Crippen LogP contribution in [0.4, 0.5) is 0 Å². The Bertz CT molecular complexity index is 235. The van der Waals surface area contributed by atoms with Gasteiger partial charge in [0.2, 0.25) is 0 Å². The van der Waals surface area contributed by atoms with Crippen LogP contribution in [0.3, 0.4) is 0 Å². The van der Waals surface area contributed by atoms with Gasteiger partial charge < -0.3 is 4.52 Å². The highest BCUT2D eigenvalue weighted by atomic mass is 32.1. The largest absolute Gasteiger partial charge is 0.322 e. The van der Waals surface area contributed by atoms with E-state index in [0.717, 1.165) is 11.5 Å². The van der Waals surface area contributed by atoms with E-state index in [1.54, 1.807) is 0 Å². The topological polar surface area (TPSA) is 64.7 Å². The van der Waals surface area contributed by atoms with Gasteiger partial charge in [-0.25, -0.2) is 0 Å². The summed E-state index contributed by atoms with van der Waals surface area (Å²) in [4.78, 5) is 0.574. The zero-order valence-electron chi connectivity index (χ0n) is 3.61. The second kappa shape index (κ2) is 1.22. The fourth-order valence-corrected chi connectivity index (χ4v) is 0.815. The predicted molar refractivity (Wildman–Crippen MR) is 25.3 cm³/mol. The molecule has 0 aliphatic heterocycles. The van der Waals surface area contributed by atoms with Crippen molar-refractivity contribution in [3.63, 3.8) is 0 Å². The summed E-state index contributed by atoms with van der Waals surface area (Å²) in [7, 11) is 0. The van der Waals surface area contributed by atoms with Gasteiger partial charge in [0.15, 0.2) is 0 Å². The normalized spacial score (nSPS) is 10.5. The first-order valence-electron chi connectivity index (χ1n) is 1.87. The Morgan fingerprint density at radius 1 is 1.38 bits per heavy atom. The van der Waals surface area contributed by atoms with Crippen LogP contribution in [0.1, 0.15) is 0 Å². The average Bonchev–Trinajstić information content (AvgIpc) is 2.15. The van der Waals surface area contributed by atoms with Crippen LogP contribution in [-0.4, -0.2) is 20.0 Å². The van der Waals surface area contributed by atoms with Gasteiger partial charge in [-0.1, -0.05) is 9.59 Å². The molecule has 0 amide bonds. The van der Waals surface area contributed by atoms with Crippen molar-refractivity contribution >= 4 is 22.1 Å². The summed E-state index contributed by atoms with van der Waals surface area (Å²) >= 11 is 1.14. The molecule has 2 rings (SSSR count). The van der Waals surface area contributed by atoms with Crippen LogP contribution in [0.5, 0.6) is 0 Å². The van der Waals surface area contributed by atoms with Crippen LogP contribution in [0, 0.1) is 0 Å². The molecule has 0 aromatic carbocycles. The molecule has 0 spiro atoms. The first-order chi connectivity index (χ1) is 3.97. The molecule has 0 aliphatic rings. The van der Waals surface area contributed by atoms with Crippen molar-refractivity contribution < 1.29 is 4.52 Å². The smallest absolute Gasteiger partial charge is 0.281 e. The van der Waals surface area contributed by atoms with Gasteiger partial charge in [0, 0.05) is 16.8 Å². The van der Waals surface area contributed by atoms with Gasteiger partial charge in [-0.3, -0.25) is 0 Å². The van der Waals surface area contributed by atoms with Crippen molar-refractivity contribution in [1.29, 1.82) is 0 Å². The van der Waals surface area contributed by atoms with Crippen LogP contribution in [0.25, 0.3) is 10.5 Å². The maximum Gasteiger partial charge on any atom is 0.281 e. The molecule has 0 N–H and O–H groups in total. The number of nitrogens with zero attached hydrogens (tertiary/aromatic N) is 4. The van der Waals surface area contributed by atoms with Crippen LogP contribution < -0.4 is 0 Å². The Morgan fingerprint density at radius 3 is 3.25 bits per heavy atom. The van der Waals surface area contributed by atoms with E-state index in [0.29, 0.717) is 10.5 Å². The Balaban J connectivity index is 3.06. The SMILES string of the molecule is n1nc2nnsc2o1. The molecule has 0 saturated heterocycles. The molecule has 0 fully saturated rings. The number of hydrogen-bond acceptors (Lipinski definition) is 6. The van der Waals surface area contributed by atoms with E-state index in [4.69, 9.17) is 0 Å². The van der Waals surface area contributed by atoms with Crippen molar-refractivity contribution in [2.45, 2.75) is 0 Å². The van der Waals surface area contributed by atoms with E-state index in [1.165, 1.54) is 0 Å². The van der Waals surface area contributed by atoms with E-state index < -0.39 is 0 Å². The predicted octanol–water partition coefficient (Wildman–Crippen LogP) is 0.0743. The highest BCUT2D eigenvalue weighted by molar-refractivity contribution is 7.12. The lowest BCUT2D eigenvalue weighted by molar-refractivity contribution is 0.428. The average molecular weight is 128 g/mol. The maximum atomic E-state index is 4.59. The summed E-state index contributed by atoms with van der Waals surface area (Å²) < 4.78 is 8.15. The quantitative estimate of drug-likeness (QED) is 0.502. The minimum atomic E-state index is 0.481. The van der Waals surface area contributed by atoms with Gasteiger partial charge in [0.1, 0.15) is 0 Å². The van der Waals surface area contributed by atoms with E-state index in [-0.39, 0.29) is 0 Å². The Kier molecular flexibility index (Phi) is 0.595. The van der Waals surface area contributed by atoms with Gasteiger partial charge in [-0.2, -0.15) is 0 Å². The van der Waals surface area contributed by atoms with E-state index in [9.17, 15) is 0 Å². The number of hydrogen-bond donors (Lipinski definition) is 0. The second-order valence-electron chi connectivity index (χ2n) is 1.16. The van der Waals surface area contributed by atoms with Gasteiger partial charge >= 0.3 is 0 Å².